The van der Waals surface area contributed by atoms with Crippen LogP contribution in [0.15, 0.2) is 23.2 Å². The second-order valence-electron chi connectivity index (χ2n) is 5.89. The van der Waals surface area contributed by atoms with Crippen LogP contribution in [0.3, 0.4) is 0 Å². The molecule has 11 heteroatoms. The number of rotatable bonds is 7. The number of benzene rings is 1. The monoisotopic (exact) mass is 442 g/mol. The van der Waals surface area contributed by atoms with E-state index in [1.54, 1.807) is 0 Å². The number of nitrogens with one attached hydrogen (secondary N) is 2. The lowest BCUT2D eigenvalue weighted by molar-refractivity contribution is -0.135. The smallest absolute Gasteiger partial charge is 0.300 e. The molecule has 1 amide bonds. The summed E-state index contributed by atoms with van der Waals surface area (Å²) in [7, 11) is 0. The predicted molar refractivity (Wildman–Crippen MR) is 120 cm³/mol. The maximum atomic E-state index is 11.7. The quantitative estimate of drug-likeness (QED) is 0.265. The molecule has 176 valence electrons. The highest BCUT2D eigenvalue weighted by atomic mass is 16.4. The molecule has 0 aliphatic heterocycles. The number of aryl methyl sites for hydroxylation is 2. The SMILES string of the molecule is CC(=O)O.CC(=O)O.CC(=O)O.Cc1cccc(C)c1NC(=O)C=NCCNCCN. The van der Waals surface area contributed by atoms with Crippen LogP contribution in [0.5, 0.6) is 0 Å². The number of carbonyl (C=O) groups is 4. The number of amides is 1. The van der Waals surface area contributed by atoms with Gasteiger partial charge in [-0.05, 0) is 25.0 Å². The van der Waals surface area contributed by atoms with Gasteiger partial charge in [0.15, 0.2) is 0 Å². The number of hydrogen-bond donors (Lipinski definition) is 6. The lowest BCUT2D eigenvalue weighted by Gasteiger charge is -2.09. The standard InChI is InChI=1S/C14H22N4O.3C2H4O2/c1-11-4-3-5-12(2)14(11)18-13(19)10-17-9-8-16-7-6-15;3*1-2(3)4/h3-5,10,16H,6-9,15H2,1-2H3,(H,18,19);3*1H3,(H,3,4). The molecule has 0 fully saturated rings. The normalized spacial score (nSPS) is 9.10. The van der Waals surface area contributed by atoms with Crippen molar-refractivity contribution < 1.29 is 34.5 Å². The van der Waals surface area contributed by atoms with Crippen LogP contribution in [0.2, 0.25) is 0 Å². The molecule has 0 heterocycles. The van der Waals surface area contributed by atoms with Crippen molar-refractivity contribution in [3.8, 4) is 0 Å². The van der Waals surface area contributed by atoms with Crippen LogP contribution in [0, 0.1) is 13.8 Å². The minimum Gasteiger partial charge on any atom is -0.481 e. The van der Waals surface area contributed by atoms with Crippen molar-refractivity contribution >= 4 is 35.7 Å². The fourth-order valence-electron chi connectivity index (χ4n) is 1.69. The Morgan fingerprint density at radius 2 is 1.35 bits per heavy atom. The molecule has 0 aliphatic rings. The molecule has 0 aromatic heterocycles. The number of nitrogens with two attached hydrogens (primary N) is 1. The molecule has 1 rings (SSSR count). The van der Waals surface area contributed by atoms with Crippen LogP contribution in [-0.2, 0) is 19.2 Å². The van der Waals surface area contributed by atoms with Gasteiger partial charge < -0.3 is 31.7 Å². The van der Waals surface area contributed by atoms with Crippen LogP contribution in [0.25, 0.3) is 0 Å². The number of para-hydroxylation sites is 1. The van der Waals surface area contributed by atoms with Gasteiger partial charge in [-0.3, -0.25) is 24.2 Å². The van der Waals surface area contributed by atoms with Gasteiger partial charge in [-0.2, -0.15) is 0 Å². The number of hydrogen-bond acceptors (Lipinski definition) is 7. The van der Waals surface area contributed by atoms with Crippen molar-refractivity contribution in [2.75, 3.05) is 31.5 Å². The molecular weight excluding hydrogens is 408 g/mol. The molecule has 31 heavy (non-hydrogen) atoms. The van der Waals surface area contributed by atoms with Gasteiger partial charge in [-0.25, -0.2) is 0 Å². The molecule has 1 aromatic carbocycles. The molecule has 0 aliphatic carbocycles. The average Bonchev–Trinajstić information content (AvgIpc) is 2.60. The van der Waals surface area contributed by atoms with E-state index in [1.165, 1.54) is 6.21 Å². The van der Waals surface area contributed by atoms with Gasteiger partial charge in [-0.1, -0.05) is 18.2 Å². The van der Waals surface area contributed by atoms with E-state index in [0.717, 1.165) is 50.7 Å². The molecule has 0 radical (unpaired) electrons. The number of aliphatic carboxylic acids is 3. The third-order valence-electron chi connectivity index (χ3n) is 2.68. The predicted octanol–water partition coefficient (Wildman–Crippen LogP) is 1.13. The van der Waals surface area contributed by atoms with E-state index in [4.69, 9.17) is 35.4 Å². The summed E-state index contributed by atoms with van der Waals surface area (Å²) in [4.78, 5) is 42.8. The third-order valence-corrected chi connectivity index (χ3v) is 2.68. The van der Waals surface area contributed by atoms with Gasteiger partial charge in [0.05, 0.1) is 12.8 Å². The first-order valence-electron chi connectivity index (χ1n) is 9.21. The van der Waals surface area contributed by atoms with E-state index in [1.807, 2.05) is 32.0 Å². The van der Waals surface area contributed by atoms with E-state index in [9.17, 15) is 4.79 Å². The maximum absolute atomic E-state index is 11.7. The second-order valence-corrected chi connectivity index (χ2v) is 5.89. The number of carboxylic acids is 3. The van der Waals surface area contributed by atoms with Gasteiger partial charge in [0.1, 0.15) is 0 Å². The summed E-state index contributed by atoms with van der Waals surface area (Å²) in [5.74, 6) is -2.70. The fraction of sp³-hybridized carbons (Fsp3) is 0.450. The van der Waals surface area contributed by atoms with E-state index < -0.39 is 17.9 Å². The summed E-state index contributed by atoms with van der Waals surface area (Å²) in [6, 6.07) is 5.91. The average molecular weight is 443 g/mol. The summed E-state index contributed by atoms with van der Waals surface area (Å²) in [5, 5.41) is 28.2. The summed E-state index contributed by atoms with van der Waals surface area (Å²) in [6.45, 7) is 9.86. The van der Waals surface area contributed by atoms with Gasteiger partial charge in [0, 0.05) is 46.1 Å². The zero-order chi connectivity index (χ0) is 24.8. The zero-order valence-corrected chi connectivity index (χ0v) is 18.6. The minimum absolute atomic E-state index is 0.198. The first kappa shape index (κ1) is 32.4. The molecule has 0 atom stereocenters. The van der Waals surface area contributed by atoms with E-state index >= 15 is 0 Å². The summed E-state index contributed by atoms with van der Waals surface area (Å²) in [5.41, 5.74) is 8.30. The highest BCUT2D eigenvalue weighted by Gasteiger charge is 2.04. The Bertz CT molecular complexity index is 646. The Hall–Kier alpha value is -3.31. The van der Waals surface area contributed by atoms with Crippen LogP contribution < -0.4 is 16.4 Å². The molecule has 0 saturated heterocycles. The molecule has 11 nitrogen and oxygen atoms in total. The van der Waals surface area contributed by atoms with Gasteiger partial charge in [-0.15, -0.1) is 0 Å². The van der Waals surface area contributed by atoms with Gasteiger partial charge >= 0.3 is 0 Å². The first-order chi connectivity index (χ1) is 14.3. The Kier molecular flexibility index (Phi) is 22.3. The van der Waals surface area contributed by atoms with Crippen molar-refractivity contribution in [3.63, 3.8) is 0 Å². The van der Waals surface area contributed by atoms with Crippen molar-refractivity contribution in [1.82, 2.24) is 5.32 Å². The number of nitrogens with zero attached hydrogens (tertiary/aromatic N) is 1. The largest absolute Gasteiger partial charge is 0.481 e. The molecular formula is C20H34N4O7. The zero-order valence-electron chi connectivity index (χ0n) is 18.6. The molecule has 0 unspecified atom stereocenters. The van der Waals surface area contributed by atoms with E-state index in [-0.39, 0.29) is 5.91 Å². The third kappa shape index (κ3) is 31.6. The molecule has 0 spiro atoms. The molecule has 1 aromatic rings. The van der Waals surface area contributed by atoms with Crippen LogP contribution >= 0.6 is 0 Å². The van der Waals surface area contributed by atoms with Crippen LogP contribution in [0.1, 0.15) is 31.9 Å². The summed E-state index contributed by atoms with van der Waals surface area (Å²) < 4.78 is 0. The lowest BCUT2D eigenvalue weighted by atomic mass is 10.1. The second kappa shape index (κ2) is 21.4. The number of carboxylic acid groups (broad SMARTS) is 3. The fourth-order valence-corrected chi connectivity index (χ4v) is 1.69. The number of carbonyl (C=O) groups excluding carboxylic acids is 1. The Morgan fingerprint density at radius 3 is 1.74 bits per heavy atom. The van der Waals surface area contributed by atoms with Crippen LogP contribution in [-0.4, -0.2) is 71.5 Å². The van der Waals surface area contributed by atoms with Crippen molar-refractivity contribution in [2.24, 2.45) is 10.7 Å². The van der Waals surface area contributed by atoms with Gasteiger partial charge in [0.25, 0.3) is 23.8 Å². The van der Waals surface area contributed by atoms with Crippen molar-refractivity contribution in [3.05, 3.63) is 29.3 Å². The van der Waals surface area contributed by atoms with Crippen LogP contribution in [0.4, 0.5) is 5.69 Å². The first-order valence-corrected chi connectivity index (χ1v) is 9.21. The Morgan fingerprint density at radius 1 is 0.935 bits per heavy atom. The van der Waals surface area contributed by atoms with Crippen molar-refractivity contribution in [1.29, 1.82) is 0 Å². The summed E-state index contributed by atoms with van der Waals surface area (Å²) >= 11 is 0. The van der Waals surface area contributed by atoms with Crippen molar-refractivity contribution in [2.45, 2.75) is 34.6 Å². The minimum atomic E-state index is -0.833. The number of anilines is 1. The Labute approximate surface area is 182 Å². The summed E-state index contributed by atoms with van der Waals surface area (Å²) in [6.07, 6.45) is 1.33. The Balaban J connectivity index is -0.000000537. The molecule has 0 bridgehead atoms. The lowest BCUT2D eigenvalue weighted by Crippen LogP contribution is -2.25. The van der Waals surface area contributed by atoms with Gasteiger partial charge in [0.2, 0.25) is 0 Å². The highest BCUT2D eigenvalue weighted by molar-refractivity contribution is 6.31. The molecule has 7 N–H and O–H groups in total. The highest BCUT2D eigenvalue weighted by Crippen LogP contribution is 2.18. The number of aliphatic imine (C=N–C) groups is 1. The van der Waals surface area contributed by atoms with E-state index in [0.29, 0.717) is 13.1 Å². The topological polar surface area (TPSA) is 191 Å². The van der Waals surface area contributed by atoms with E-state index in [2.05, 4.69) is 15.6 Å². The molecule has 0 saturated carbocycles. The maximum Gasteiger partial charge on any atom is 0.300 e.